The second-order valence-corrected chi connectivity index (χ2v) is 10.2. The lowest BCUT2D eigenvalue weighted by Crippen LogP contribution is -2.51. The van der Waals surface area contributed by atoms with Gasteiger partial charge in [-0.2, -0.15) is 0 Å². The lowest BCUT2D eigenvalue weighted by atomic mass is 10.1. The number of piperazine rings is 1. The van der Waals surface area contributed by atoms with Gasteiger partial charge in [0.2, 0.25) is 5.91 Å². The zero-order chi connectivity index (χ0) is 27.2. The first-order valence-corrected chi connectivity index (χ1v) is 13.1. The van der Waals surface area contributed by atoms with Gasteiger partial charge < -0.3 is 29.8 Å². The van der Waals surface area contributed by atoms with Gasteiger partial charge in [-0.05, 0) is 44.4 Å². The molecule has 10 nitrogen and oxygen atoms in total. The highest BCUT2D eigenvalue weighted by atomic mass is 79.9. The molecule has 0 atom stereocenters. The van der Waals surface area contributed by atoms with Crippen LogP contribution in [-0.2, 0) is 4.79 Å². The molecule has 3 aromatic rings. The van der Waals surface area contributed by atoms with Crippen molar-refractivity contribution in [1.82, 2.24) is 20.4 Å². The molecule has 4 rings (SSSR count). The molecule has 200 valence electrons. The van der Waals surface area contributed by atoms with Crippen molar-refractivity contribution in [3.63, 3.8) is 0 Å². The predicted molar refractivity (Wildman–Crippen MR) is 149 cm³/mol. The summed E-state index contributed by atoms with van der Waals surface area (Å²) in [4.78, 5) is 56.2. The number of hydrogen-bond donors (Lipinski definition) is 2. The maximum absolute atomic E-state index is 12.8. The van der Waals surface area contributed by atoms with Gasteiger partial charge in [0.1, 0.15) is 5.58 Å². The first-order valence-electron chi connectivity index (χ1n) is 12.3. The highest BCUT2D eigenvalue weighted by Crippen LogP contribution is 2.22. The molecule has 1 aromatic heterocycles. The standard InChI is InChI=1S/C27H30BrN5O5/c1-31(2)10-9-29-26(36)19-5-3-4-6-21(19)32-11-13-33(14-12-32)25(35)17-30-27(37)24-16-22(34)20-15-18(28)7-8-23(20)38-24/h3-8,15-16H,9-14,17H2,1-2H3,(H,29,36)(H,30,37). The van der Waals surface area contributed by atoms with Crippen LogP contribution in [0.15, 0.2) is 62.2 Å². The smallest absolute Gasteiger partial charge is 0.287 e. The fraction of sp³-hybridized carbons (Fsp3) is 0.333. The number of anilines is 1. The molecule has 1 aliphatic rings. The molecule has 1 saturated heterocycles. The molecule has 0 spiro atoms. The molecule has 2 N–H and O–H groups in total. The summed E-state index contributed by atoms with van der Waals surface area (Å²) in [6, 6.07) is 13.5. The van der Waals surface area contributed by atoms with Crippen LogP contribution in [-0.4, -0.2) is 87.4 Å². The van der Waals surface area contributed by atoms with E-state index in [1.165, 1.54) is 0 Å². The van der Waals surface area contributed by atoms with Crippen LogP contribution in [0.5, 0.6) is 0 Å². The number of rotatable bonds is 8. The Morgan fingerprint density at radius 3 is 2.45 bits per heavy atom. The molecule has 38 heavy (non-hydrogen) atoms. The third-order valence-electron chi connectivity index (χ3n) is 6.28. The van der Waals surface area contributed by atoms with E-state index in [1.54, 1.807) is 29.2 Å². The third-order valence-corrected chi connectivity index (χ3v) is 6.77. The van der Waals surface area contributed by atoms with E-state index < -0.39 is 5.91 Å². The Labute approximate surface area is 228 Å². The number of nitrogens with zero attached hydrogens (tertiary/aromatic N) is 3. The molecule has 11 heteroatoms. The molecular weight excluding hydrogens is 554 g/mol. The van der Waals surface area contributed by atoms with Crippen LogP contribution in [0.4, 0.5) is 5.69 Å². The molecule has 0 saturated carbocycles. The summed E-state index contributed by atoms with van der Waals surface area (Å²) in [7, 11) is 3.90. The van der Waals surface area contributed by atoms with Gasteiger partial charge in [-0.3, -0.25) is 19.2 Å². The highest BCUT2D eigenvalue weighted by Gasteiger charge is 2.24. The Kier molecular flexibility index (Phi) is 8.80. The van der Waals surface area contributed by atoms with Crippen molar-refractivity contribution >= 4 is 50.3 Å². The van der Waals surface area contributed by atoms with Crippen LogP contribution >= 0.6 is 15.9 Å². The molecule has 1 aliphatic heterocycles. The van der Waals surface area contributed by atoms with Gasteiger partial charge in [-0.25, -0.2) is 0 Å². The summed E-state index contributed by atoms with van der Waals surface area (Å²) in [5.74, 6) is -1.15. The summed E-state index contributed by atoms with van der Waals surface area (Å²) < 4.78 is 6.30. The predicted octanol–water partition coefficient (Wildman–Crippen LogP) is 1.93. The summed E-state index contributed by atoms with van der Waals surface area (Å²) in [5.41, 5.74) is 1.38. The Morgan fingerprint density at radius 1 is 0.974 bits per heavy atom. The maximum Gasteiger partial charge on any atom is 0.287 e. The van der Waals surface area contributed by atoms with E-state index in [9.17, 15) is 19.2 Å². The van der Waals surface area contributed by atoms with Gasteiger partial charge in [-0.15, -0.1) is 0 Å². The minimum atomic E-state index is -0.631. The van der Waals surface area contributed by atoms with Gasteiger partial charge in [0.25, 0.3) is 11.8 Å². The number of amides is 3. The topological polar surface area (TPSA) is 115 Å². The third kappa shape index (κ3) is 6.59. The van der Waals surface area contributed by atoms with Crippen molar-refractivity contribution in [1.29, 1.82) is 0 Å². The second-order valence-electron chi connectivity index (χ2n) is 9.24. The summed E-state index contributed by atoms with van der Waals surface area (Å²) in [6.07, 6.45) is 0. The summed E-state index contributed by atoms with van der Waals surface area (Å²) in [6.45, 7) is 3.08. The van der Waals surface area contributed by atoms with Crippen molar-refractivity contribution < 1.29 is 18.8 Å². The second kappa shape index (κ2) is 12.2. The number of nitrogens with one attached hydrogen (secondary N) is 2. The molecular formula is C27H30BrN5O5. The number of hydrogen-bond acceptors (Lipinski definition) is 7. The monoisotopic (exact) mass is 583 g/mol. The number of halogens is 1. The molecule has 0 bridgehead atoms. The van der Waals surface area contributed by atoms with E-state index in [2.05, 4.69) is 31.5 Å². The highest BCUT2D eigenvalue weighted by molar-refractivity contribution is 9.10. The number of carbonyl (C=O) groups is 3. The lowest BCUT2D eigenvalue weighted by Gasteiger charge is -2.37. The first-order chi connectivity index (χ1) is 18.2. The molecule has 2 heterocycles. The van der Waals surface area contributed by atoms with Crippen LogP contribution in [0.1, 0.15) is 20.9 Å². The minimum absolute atomic E-state index is 0.128. The normalized spacial score (nSPS) is 13.6. The van der Waals surface area contributed by atoms with Gasteiger partial charge >= 0.3 is 0 Å². The van der Waals surface area contributed by atoms with Gasteiger partial charge in [0, 0.05) is 55.5 Å². The van der Waals surface area contributed by atoms with Crippen molar-refractivity contribution in [2.24, 2.45) is 0 Å². The van der Waals surface area contributed by atoms with Gasteiger partial charge in [0.15, 0.2) is 11.2 Å². The van der Waals surface area contributed by atoms with Crippen molar-refractivity contribution in [3.05, 3.63) is 74.6 Å². The van der Waals surface area contributed by atoms with E-state index in [4.69, 9.17) is 4.42 Å². The largest absolute Gasteiger partial charge is 0.451 e. The van der Waals surface area contributed by atoms with Gasteiger partial charge in [-0.1, -0.05) is 28.1 Å². The molecule has 2 aromatic carbocycles. The summed E-state index contributed by atoms with van der Waals surface area (Å²) in [5, 5.41) is 5.86. The average molecular weight is 584 g/mol. The lowest BCUT2D eigenvalue weighted by molar-refractivity contribution is -0.130. The first kappa shape index (κ1) is 27.3. The Bertz CT molecular complexity index is 1400. The van der Waals surface area contributed by atoms with Crippen LogP contribution in [0.25, 0.3) is 11.0 Å². The molecule has 0 radical (unpaired) electrons. The van der Waals surface area contributed by atoms with Crippen LogP contribution in [0.2, 0.25) is 0 Å². The summed E-state index contributed by atoms with van der Waals surface area (Å²) >= 11 is 3.31. The number of benzene rings is 2. The molecule has 1 fully saturated rings. The zero-order valence-corrected chi connectivity index (χ0v) is 22.9. The Hall–Kier alpha value is -3.70. The minimum Gasteiger partial charge on any atom is -0.451 e. The van der Waals surface area contributed by atoms with E-state index in [-0.39, 0.29) is 29.5 Å². The van der Waals surface area contributed by atoms with Crippen LogP contribution in [0, 0.1) is 0 Å². The molecule has 0 unspecified atom stereocenters. The zero-order valence-electron chi connectivity index (χ0n) is 21.3. The number of para-hydroxylation sites is 1. The van der Waals surface area contributed by atoms with E-state index in [1.807, 2.05) is 37.2 Å². The fourth-order valence-electron chi connectivity index (χ4n) is 4.22. The number of carbonyl (C=O) groups excluding carboxylic acids is 3. The average Bonchev–Trinajstić information content (AvgIpc) is 2.91. The maximum atomic E-state index is 12.8. The Balaban J connectivity index is 1.31. The van der Waals surface area contributed by atoms with E-state index in [0.717, 1.165) is 22.8 Å². The van der Waals surface area contributed by atoms with Crippen molar-refractivity contribution in [2.45, 2.75) is 0 Å². The number of fused-ring (bicyclic) bond motifs is 1. The SMILES string of the molecule is CN(C)CCNC(=O)c1ccccc1N1CCN(C(=O)CNC(=O)c2cc(=O)c3cc(Br)ccc3o2)CC1. The van der Waals surface area contributed by atoms with Crippen LogP contribution < -0.4 is 21.0 Å². The Morgan fingerprint density at radius 2 is 1.71 bits per heavy atom. The van der Waals surface area contributed by atoms with Crippen molar-refractivity contribution in [2.75, 3.05) is 64.8 Å². The quantitative estimate of drug-likeness (QED) is 0.416. The van der Waals surface area contributed by atoms with Crippen LogP contribution in [0.3, 0.4) is 0 Å². The van der Waals surface area contributed by atoms with Crippen molar-refractivity contribution in [3.8, 4) is 0 Å². The molecule has 0 aliphatic carbocycles. The molecule has 3 amide bonds. The number of likely N-dealkylation sites (N-methyl/N-ethyl adjacent to an activating group) is 1. The van der Waals surface area contributed by atoms with E-state index >= 15 is 0 Å². The fourth-order valence-corrected chi connectivity index (χ4v) is 4.58. The van der Waals surface area contributed by atoms with E-state index in [0.29, 0.717) is 49.3 Å². The van der Waals surface area contributed by atoms with Gasteiger partial charge in [0.05, 0.1) is 17.5 Å².